The third-order valence-corrected chi connectivity index (χ3v) is 0.513. The number of amides is 2. The summed E-state index contributed by atoms with van der Waals surface area (Å²) in [6.45, 7) is 0. The zero-order valence-corrected chi connectivity index (χ0v) is 4.43. The second kappa shape index (κ2) is 3.59. The predicted molar refractivity (Wildman–Crippen MR) is 27.6 cm³/mol. The molecule has 0 aromatic heterocycles. The normalized spacial score (nSPS) is 10.6. The van der Waals surface area contributed by atoms with E-state index in [0.717, 1.165) is 0 Å². The Morgan fingerprint density at radius 3 is 2.56 bits per heavy atom. The number of carbonyl (C=O) groups excluding carboxylic acids is 2. The first-order chi connectivity index (χ1) is 4.18. The zero-order valence-electron chi connectivity index (χ0n) is 4.43. The summed E-state index contributed by atoms with van der Waals surface area (Å²) in [7, 11) is 0. The topological polar surface area (TPSA) is 72.2 Å². The fourth-order valence-electron chi connectivity index (χ4n) is 0.178. The van der Waals surface area contributed by atoms with Gasteiger partial charge in [0.2, 0.25) is 12.2 Å². The summed E-state index contributed by atoms with van der Waals surface area (Å²) in [4.78, 5) is 19.3. The molecule has 50 valence electrons. The van der Waals surface area contributed by atoms with Gasteiger partial charge in [-0.25, -0.2) is 0 Å². The van der Waals surface area contributed by atoms with Crippen LogP contribution in [0.15, 0.2) is 12.0 Å². The predicted octanol–water partition coefficient (Wildman–Crippen LogP) is -0.971. The van der Waals surface area contributed by atoms with Crippen molar-refractivity contribution in [3.8, 4) is 0 Å². The molecule has 0 unspecified atom stereocenters. The van der Waals surface area contributed by atoms with E-state index in [2.05, 4.69) is 5.73 Å². The fourth-order valence-corrected chi connectivity index (χ4v) is 0.178. The van der Waals surface area contributed by atoms with Crippen LogP contribution in [0.25, 0.3) is 0 Å². The van der Waals surface area contributed by atoms with Gasteiger partial charge in [-0.2, -0.15) is 4.39 Å². The first kappa shape index (κ1) is 7.61. The van der Waals surface area contributed by atoms with Gasteiger partial charge >= 0.3 is 0 Å². The van der Waals surface area contributed by atoms with Gasteiger partial charge in [0.1, 0.15) is 0 Å². The van der Waals surface area contributed by atoms with Crippen molar-refractivity contribution in [3.05, 3.63) is 12.0 Å². The molecule has 3 N–H and O–H groups in total. The molecule has 0 aromatic carbocycles. The van der Waals surface area contributed by atoms with Crippen LogP contribution in [0.4, 0.5) is 4.39 Å². The van der Waals surface area contributed by atoms with Gasteiger partial charge in [-0.05, 0) is 0 Å². The van der Waals surface area contributed by atoms with Crippen LogP contribution in [0.5, 0.6) is 0 Å². The van der Waals surface area contributed by atoms with Crippen molar-refractivity contribution in [2.45, 2.75) is 0 Å². The van der Waals surface area contributed by atoms with Gasteiger partial charge in [0.25, 0.3) is 5.91 Å². The molecular formula is C4H5FN2O2. The lowest BCUT2D eigenvalue weighted by Crippen LogP contribution is -2.13. The molecule has 0 rings (SSSR count). The Balaban J connectivity index is 3.83. The number of primary amides is 1. The Kier molecular flexibility index (Phi) is 3.04. The highest BCUT2D eigenvalue weighted by Crippen LogP contribution is 1.88. The van der Waals surface area contributed by atoms with Crippen LogP contribution in [0.1, 0.15) is 0 Å². The minimum Gasteiger partial charge on any atom is -0.364 e. The Morgan fingerprint density at radius 1 is 1.67 bits per heavy atom. The second-order valence-corrected chi connectivity index (χ2v) is 1.14. The van der Waals surface area contributed by atoms with E-state index in [4.69, 9.17) is 0 Å². The van der Waals surface area contributed by atoms with E-state index < -0.39 is 11.7 Å². The fraction of sp³-hybridized carbons (Fsp3) is 0. The number of nitrogens with one attached hydrogen (secondary N) is 1. The Morgan fingerprint density at radius 2 is 2.22 bits per heavy atom. The van der Waals surface area contributed by atoms with E-state index >= 15 is 0 Å². The van der Waals surface area contributed by atoms with Gasteiger partial charge in [0.15, 0.2) is 0 Å². The number of hydrogen-bond acceptors (Lipinski definition) is 2. The van der Waals surface area contributed by atoms with Crippen molar-refractivity contribution < 1.29 is 14.0 Å². The number of hydrogen-bond donors (Lipinski definition) is 2. The molecule has 0 aromatic rings. The second-order valence-electron chi connectivity index (χ2n) is 1.14. The molecule has 0 fully saturated rings. The molecule has 5 heteroatoms. The Bertz CT molecular complexity index is 155. The van der Waals surface area contributed by atoms with Crippen LogP contribution < -0.4 is 11.1 Å². The van der Waals surface area contributed by atoms with Gasteiger partial charge in [0.05, 0.1) is 0 Å². The lowest BCUT2D eigenvalue weighted by Gasteiger charge is -1.86. The maximum Gasteiger partial charge on any atom is 0.278 e. The summed E-state index contributed by atoms with van der Waals surface area (Å²) in [5.74, 6) is -2.38. The monoisotopic (exact) mass is 132 g/mol. The zero-order chi connectivity index (χ0) is 7.28. The van der Waals surface area contributed by atoms with Crippen molar-refractivity contribution in [2.75, 3.05) is 0 Å². The van der Waals surface area contributed by atoms with E-state index in [1.807, 2.05) is 5.32 Å². The molecule has 0 heterocycles. The highest BCUT2D eigenvalue weighted by Gasteiger charge is 1.99. The molecule has 0 radical (unpaired) electrons. The summed E-state index contributed by atoms with van der Waals surface area (Å²) < 4.78 is 11.9. The van der Waals surface area contributed by atoms with Crippen LogP contribution in [0.2, 0.25) is 0 Å². The molecule has 0 spiro atoms. The van der Waals surface area contributed by atoms with Gasteiger partial charge < -0.3 is 11.1 Å². The van der Waals surface area contributed by atoms with Crippen LogP contribution in [0.3, 0.4) is 0 Å². The first-order valence-electron chi connectivity index (χ1n) is 2.03. The summed E-state index contributed by atoms with van der Waals surface area (Å²) in [6, 6.07) is 0. The standard InChI is InChI=1S/C4H5FN2O2/c5-3(4(6)9)1-7-2-8/h1-2H,(H2,6,9)(H,7,8)/b3-1+. The molecule has 9 heavy (non-hydrogen) atoms. The largest absolute Gasteiger partial charge is 0.364 e. The molecular weight excluding hydrogens is 127 g/mol. The van der Waals surface area contributed by atoms with Gasteiger partial charge in [-0.3, -0.25) is 9.59 Å². The molecule has 4 nitrogen and oxygen atoms in total. The van der Waals surface area contributed by atoms with Gasteiger partial charge in [0, 0.05) is 6.20 Å². The highest BCUT2D eigenvalue weighted by molar-refractivity contribution is 5.89. The summed E-state index contributed by atoms with van der Waals surface area (Å²) in [6.07, 6.45) is 0.803. The number of rotatable bonds is 3. The number of halogens is 1. The van der Waals surface area contributed by atoms with E-state index in [1.165, 1.54) is 0 Å². The van der Waals surface area contributed by atoms with Crippen molar-refractivity contribution in [3.63, 3.8) is 0 Å². The minimum atomic E-state index is -1.20. The van der Waals surface area contributed by atoms with Crippen molar-refractivity contribution in [1.82, 2.24) is 5.32 Å². The summed E-state index contributed by atoms with van der Waals surface area (Å²) in [5, 5.41) is 1.81. The van der Waals surface area contributed by atoms with Crippen LogP contribution in [0, 0.1) is 0 Å². The molecule has 2 amide bonds. The molecule has 0 aliphatic heterocycles. The molecule has 0 aliphatic carbocycles. The molecule has 0 saturated heterocycles. The van der Waals surface area contributed by atoms with Crippen LogP contribution in [-0.2, 0) is 9.59 Å². The highest BCUT2D eigenvalue weighted by atomic mass is 19.1. The average Bonchev–Trinajstić information content (AvgIpc) is 1.82. The van der Waals surface area contributed by atoms with E-state index in [-0.39, 0.29) is 6.41 Å². The third-order valence-electron chi connectivity index (χ3n) is 0.513. The van der Waals surface area contributed by atoms with Crippen molar-refractivity contribution in [1.29, 1.82) is 0 Å². The van der Waals surface area contributed by atoms with Gasteiger partial charge in [-0.1, -0.05) is 0 Å². The van der Waals surface area contributed by atoms with Crippen molar-refractivity contribution in [2.24, 2.45) is 5.73 Å². The quantitative estimate of drug-likeness (QED) is 0.383. The average molecular weight is 132 g/mol. The summed E-state index contributed by atoms with van der Waals surface area (Å²) in [5.41, 5.74) is 4.44. The molecule has 0 saturated carbocycles. The smallest absolute Gasteiger partial charge is 0.278 e. The van der Waals surface area contributed by atoms with E-state index in [0.29, 0.717) is 6.20 Å². The molecule has 0 bridgehead atoms. The minimum absolute atomic E-state index is 0.225. The molecule has 0 atom stereocenters. The SMILES string of the molecule is NC(=O)/C(F)=C\NC=O. The number of nitrogens with two attached hydrogens (primary N) is 1. The third kappa shape index (κ3) is 3.22. The van der Waals surface area contributed by atoms with Gasteiger partial charge in [-0.15, -0.1) is 0 Å². The van der Waals surface area contributed by atoms with E-state index in [9.17, 15) is 14.0 Å². The van der Waals surface area contributed by atoms with Crippen molar-refractivity contribution >= 4 is 12.3 Å². The Hall–Kier alpha value is -1.39. The lowest BCUT2D eigenvalue weighted by molar-refractivity contribution is -0.115. The van der Waals surface area contributed by atoms with Crippen LogP contribution in [-0.4, -0.2) is 12.3 Å². The Labute approximate surface area is 50.5 Å². The summed E-state index contributed by atoms with van der Waals surface area (Å²) >= 11 is 0. The van der Waals surface area contributed by atoms with Crippen LogP contribution >= 0.6 is 0 Å². The molecule has 0 aliphatic rings. The lowest BCUT2D eigenvalue weighted by atomic mass is 10.5. The first-order valence-corrected chi connectivity index (χ1v) is 2.03. The maximum absolute atomic E-state index is 11.9. The maximum atomic E-state index is 11.9. The number of carbonyl (C=O) groups is 2. The van der Waals surface area contributed by atoms with E-state index in [1.54, 1.807) is 0 Å².